The first-order valence-corrected chi connectivity index (χ1v) is 6.21. The van der Waals surface area contributed by atoms with Crippen LogP contribution in [0.25, 0.3) is 0 Å². The van der Waals surface area contributed by atoms with Gasteiger partial charge in [-0.2, -0.15) is 0 Å². The normalized spacial score (nSPS) is 12.9. The lowest BCUT2D eigenvalue weighted by Crippen LogP contribution is -2.49. The monoisotopic (exact) mass is 269 g/mol. The number of nitrogens with one attached hydrogen (secondary N) is 1. The van der Waals surface area contributed by atoms with Gasteiger partial charge in [0.25, 0.3) is 5.91 Å². The molecule has 1 atom stereocenters. The predicted octanol–water partition coefficient (Wildman–Crippen LogP) is 1.87. The Bertz CT molecular complexity index is 417. The molecule has 0 heterocycles. The third-order valence-corrected chi connectivity index (χ3v) is 2.67. The van der Waals surface area contributed by atoms with Crippen LogP contribution in [0.5, 0.6) is 5.75 Å². The number of amides is 1. The number of hydrogen-bond acceptors (Lipinski definition) is 3. The van der Waals surface area contributed by atoms with Crippen LogP contribution in [0.4, 0.5) is 4.39 Å². The van der Waals surface area contributed by atoms with Crippen molar-refractivity contribution >= 4 is 5.91 Å². The number of carbonyl (C=O) groups excluding carboxylic acids is 1. The van der Waals surface area contributed by atoms with Crippen molar-refractivity contribution in [3.63, 3.8) is 0 Å². The molecule has 0 radical (unpaired) electrons. The molecule has 1 aromatic carbocycles. The van der Waals surface area contributed by atoms with E-state index in [1.807, 2.05) is 6.92 Å². The molecule has 106 valence electrons. The molecule has 2 N–H and O–H groups in total. The van der Waals surface area contributed by atoms with Gasteiger partial charge in [-0.1, -0.05) is 0 Å². The van der Waals surface area contributed by atoms with E-state index in [0.717, 1.165) is 0 Å². The lowest BCUT2D eigenvalue weighted by molar-refractivity contribution is -0.134. The number of hydrogen-bond donors (Lipinski definition) is 2. The second kappa shape index (κ2) is 6.52. The Labute approximate surface area is 112 Å². The smallest absolute Gasteiger partial charge is 0.263 e. The average Bonchev–Trinajstić information content (AvgIpc) is 2.32. The summed E-state index contributed by atoms with van der Waals surface area (Å²) in [6, 6.07) is 5.37. The second-order valence-electron chi connectivity index (χ2n) is 4.95. The zero-order chi connectivity index (χ0) is 14.5. The molecule has 0 aliphatic carbocycles. The van der Waals surface area contributed by atoms with Crippen molar-refractivity contribution in [2.45, 2.75) is 38.8 Å². The van der Waals surface area contributed by atoms with Gasteiger partial charge in [0.2, 0.25) is 0 Å². The highest BCUT2D eigenvalue weighted by atomic mass is 19.1. The molecular formula is C14H20FNO3. The van der Waals surface area contributed by atoms with Crippen molar-refractivity contribution in [2.24, 2.45) is 0 Å². The van der Waals surface area contributed by atoms with Crippen LogP contribution in [0.15, 0.2) is 24.3 Å². The molecule has 0 spiro atoms. The Hall–Kier alpha value is -1.62. The van der Waals surface area contributed by atoms with E-state index in [9.17, 15) is 9.18 Å². The first-order valence-electron chi connectivity index (χ1n) is 6.21. The standard InChI is InChI=1S/C14H20FNO3/c1-10(8-9-17)16-13(18)14(2,3)19-12-6-4-11(15)5-7-12/h4-7,10,17H,8-9H2,1-3H3,(H,16,18)/t10-/m1/s1. The highest BCUT2D eigenvalue weighted by Gasteiger charge is 2.30. The van der Waals surface area contributed by atoms with Crippen molar-refractivity contribution < 1.29 is 19.0 Å². The van der Waals surface area contributed by atoms with Gasteiger partial charge >= 0.3 is 0 Å². The van der Waals surface area contributed by atoms with E-state index in [-0.39, 0.29) is 24.4 Å². The molecule has 5 heteroatoms. The minimum Gasteiger partial charge on any atom is -0.478 e. The minimum absolute atomic E-state index is 0.0146. The molecule has 0 aromatic heterocycles. The Balaban J connectivity index is 2.64. The quantitative estimate of drug-likeness (QED) is 0.829. The third kappa shape index (κ3) is 4.87. The van der Waals surface area contributed by atoms with Gasteiger partial charge in [0, 0.05) is 12.6 Å². The summed E-state index contributed by atoms with van der Waals surface area (Å²) in [6.07, 6.45) is 0.484. The van der Waals surface area contributed by atoms with Crippen LogP contribution >= 0.6 is 0 Å². The molecule has 0 bridgehead atoms. The molecule has 19 heavy (non-hydrogen) atoms. The Morgan fingerprint density at radius 1 is 1.42 bits per heavy atom. The first kappa shape index (κ1) is 15.4. The van der Waals surface area contributed by atoms with E-state index in [1.54, 1.807) is 13.8 Å². The number of halogens is 1. The summed E-state index contributed by atoms with van der Waals surface area (Å²) in [7, 11) is 0. The summed E-state index contributed by atoms with van der Waals surface area (Å²) < 4.78 is 18.3. The third-order valence-electron chi connectivity index (χ3n) is 2.67. The molecular weight excluding hydrogens is 249 g/mol. The number of aliphatic hydroxyl groups is 1. The van der Waals surface area contributed by atoms with Gasteiger partial charge < -0.3 is 15.2 Å². The SMILES string of the molecule is C[C@H](CCO)NC(=O)C(C)(C)Oc1ccc(F)cc1. The zero-order valence-electron chi connectivity index (χ0n) is 11.4. The maximum absolute atomic E-state index is 12.8. The summed E-state index contributed by atoms with van der Waals surface area (Å²) in [5.41, 5.74) is -1.07. The van der Waals surface area contributed by atoms with Crippen LogP contribution in [0.2, 0.25) is 0 Å². The first-order chi connectivity index (χ1) is 8.85. The molecule has 1 rings (SSSR count). The van der Waals surface area contributed by atoms with E-state index in [4.69, 9.17) is 9.84 Å². The van der Waals surface area contributed by atoms with Gasteiger partial charge in [-0.25, -0.2) is 4.39 Å². The van der Waals surface area contributed by atoms with E-state index in [2.05, 4.69) is 5.32 Å². The average molecular weight is 269 g/mol. The fourth-order valence-electron chi connectivity index (χ4n) is 1.51. The molecule has 0 saturated carbocycles. The van der Waals surface area contributed by atoms with Crippen LogP contribution in [-0.2, 0) is 4.79 Å². The van der Waals surface area contributed by atoms with Crippen LogP contribution in [0, 0.1) is 5.82 Å². The number of benzene rings is 1. The molecule has 1 amide bonds. The van der Waals surface area contributed by atoms with Crippen LogP contribution < -0.4 is 10.1 Å². The predicted molar refractivity (Wildman–Crippen MR) is 70.4 cm³/mol. The summed E-state index contributed by atoms with van der Waals surface area (Å²) in [6.45, 7) is 5.09. The maximum Gasteiger partial charge on any atom is 0.263 e. The molecule has 0 aliphatic rings. The largest absolute Gasteiger partial charge is 0.478 e. The lowest BCUT2D eigenvalue weighted by Gasteiger charge is -2.27. The number of aliphatic hydroxyl groups excluding tert-OH is 1. The van der Waals surface area contributed by atoms with E-state index >= 15 is 0 Å². The van der Waals surface area contributed by atoms with E-state index < -0.39 is 5.60 Å². The fraction of sp³-hybridized carbons (Fsp3) is 0.500. The topological polar surface area (TPSA) is 58.6 Å². The number of ether oxygens (including phenoxy) is 1. The summed E-state index contributed by atoms with van der Waals surface area (Å²) >= 11 is 0. The Morgan fingerprint density at radius 3 is 2.53 bits per heavy atom. The minimum atomic E-state index is -1.07. The lowest BCUT2D eigenvalue weighted by atomic mass is 10.1. The summed E-state index contributed by atoms with van der Waals surface area (Å²) in [5, 5.41) is 11.6. The molecule has 0 saturated heterocycles. The molecule has 0 aliphatic heterocycles. The fourth-order valence-corrected chi connectivity index (χ4v) is 1.51. The van der Waals surface area contributed by atoms with Gasteiger partial charge in [-0.3, -0.25) is 4.79 Å². The van der Waals surface area contributed by atoms with Gasteiger partial charge in [0.15, 0.2) is 5.60 Å². The summed E-state index contributed by atoms with van der Waals surface area (Å²) in [5.74, 6) is -0.208. The van der Waals surface area contributed by atoms with Crippen LogP contribution in [-0.4, -0.2) is 29.3 Å². The van der Waals surface area contributed by atoms with Gasteiger partial charge in [-0.05, 0) is 51.5 Å². The highest BCUT2D eigenvalue weighted by Crippen LogP contribution is 2.19. The van der Waals surface area contributed by atoms with E-state index in [0.29, 0.717) is 12.2 Å². The van der Waals surface area contributed by atoms with Crippen molar-refractivity contribution in [3.05, 3.63) is 30.1 Å². The molecule has 4 nitrogen and oxygen atoms in total. The number of carbonyl (C=O) groups is 1. The molecule has 0 fully saturated rings. The van der Waals surface area contributed by atoms with Crippen molar-refractivity contribution in [1.82, 2.24) is 5.32 Å². The van der Waals surface area contributed by atoms with Crippen molar-refractivity contribution in [1.29, 1.82) is 0 Å². The number of rotatable bonds is 6. The maximum atomic E-state index is 12.8. The van der Waals surface area contributed by atoms with Gasteiger partial charge in [0.1, 0.15) is 11.6 Å². The second-order valence-corrected chi connectivity index (χ2v) is 4.95. The highest BCUT2D eigenvalue weighted by molar-refractivity contribution is 5.84. The van der Waals surface area contributed by atoms with Crippen LogP contribution in [0.3, 0.4) is 0 Å². The van der Waals surface area contributed by atoms with Gasteiger partial charge in [-0.15, -0.1) is 0 Å². The van der Waals surface area contributed by atoms with Crippen molar-refractivity contribution in [2.75, 3.05) is 6.61 Å². The van der Waals surface area contributed by atoms with Crippen LogP contribution in [0.1, 0.15) is 27.2 Å². The Kier molecular flexibility index (Phi) is 5.30. The molecule has 1 aromatic rings. The Morgan fingerprint density at radius 2 is 2.00 bits per heavy atom. The molecule has 0 unspecified atom stereocenters. The van der Waals surface area contributed by atoms with Gasteiger partial charge in [0.05, 0.1) is 0 Å². The van der Waals surface area contributed by atoms with E-state index in [1.165, 1.54) is 24.3 Å². The van der Waals surface area contributed by atoms with Crippen molar-refractivity contribution in [3.8, 4) is 5.75 Å². The summed E-state index contributed by atoms with van der Waals surface area (Å²) in [4.78, 5) is 12.0. The zero-order valence-corrected chi connectivity index (χ0v) is 11.4.